The second kappa shape index (κ2) is 6.15. The normalized spacial score (nSPS) is 15.8. The van der Waals surface area contributed by atoms with E-state index in [1.165, 1.54) is 0 Å². The van der Waals surface area contributed by atoms with E-state index in [9.17, 15) is 5.11 Å². The van der Waals surface area contributed by atoms with Gasteiger partial charge < -0.3 is 10.8 Å². The number of nitrogens with two attached hydrogens (primary N) is 1. The van der Waals surface area contributed by atoms with Gasteiger partial charge in [-0.15, -0.1) is 0 Å². The molecule has 1 aromatic carbocycles. The second-order valence-electron chi connectivity index (χ2n) is 5.44. The Morgan fingerprint density at radius 2 is 1.83 bits per heavy atom. The third kappa shape index (κ3) is 3.54. The highest BCUT2D eigenvalue weighted by molar-refractivity contribution is 9.10. The van der Waals surface area contributed by atoms with E-state index in [0.29, 0.717) is 0 Å². The van der Waals surface area contributed by atoms with Gasteiger partial charge in [0.1, 0.15) is 0 Å². The summed E-state index contributed by atoms with van der Waals surface area (Å²) in [7, 11) is 2.01. The lowest BCUT2D eigenvalue weighted by atomic mass is 9.94. The smallest absolute Gasteiger partial charge is 0.0610 e. The molecule has 1 aromatic rings. The van der Waals surface area contributed by atoms with Crippen molar-refractivity contribution < 1.29 is 5.11 Å². The van der Waals surface area contributed by atoms with Crippen molar-refractivity contribution in [3.63, 3.8) is 0 Å². The number of rotatable bonds is 5. The van der Waals surface area contributed by atoms with E-state index in [0.717, 1.165) is 10.0 Å². The van der Waals surface area contributed by atoms with Crippen LogP contribution in [0.25, 0.3) is 0 Å². The van der Waals surface area contributed by atoms with Crippen LogP contribution in [0.3, 0.4) is 0 Å². The van der Waals surface area contributed by atoms with E-state index in [1.807, 2.05) is 40.0 Å². The molecule has 3 N–H and O–H groups in total. The predicted molar refractivity (Wildman–Crippen MR) is 79.5 cm³/mol. The van der Waals surface area contributed by atoms with Crippen LogP contribution in [0.15, 0.2) is 28.7 Å². The van der Waals surface area contributed by atoms with Crippen LogP contribution in [0, 0.1) is 0 Å². The van der Waals surface area contributed by atoms with Crippen LogP contribution >= 0.6 is 15.9 Å². The third-order valence-electron chi connectivity index (χ3n) is 3.47. The average Bonchev–Trinajstić information content (AvgIpc) is 2.31. The van der Waals surface area contributed by atoms with Gasteiger partial charge >= 0.3 is 0 Å². The van der Waals surface area contributed by atoms with Crippen molar-refractivity contribution in [2.24, 2.45) is 5.73 Å². The SMILES string of the molecule is CC(N)C(c1ccc(Br)cc1)N(C)C(C)(C)CO. The lowest BCUT2D eigenvalue weighted by molar-refractivity contribution is 0.0370. The Morgan fingerprint density at radius 3 is 2.22 bits per heavy atom. The van der Waals surface area contributed by atoms with Gasteiger partial charge in [0.2, 0.25) is 0 Å². The molecule has 3 nitrogen and oxygen atoms in total. The van der Waals surface area contributed by atoms with Crippen molar-refractivity contribution in [2.45, 2.75) is 38.4 Å². The highest BCUT2D eigenvalue weighted by Crippen LogP contribution is 2.29. The number of aliphatic hydroxyl groups excluding tert-OH is 1. The minimum absolute atomic E-state index is 0.0120. The molecule has 0 saturated carbocycles. The van der Waals surface area contributed by atoms with Gasteiger partial charge in [0, 0.05) is 22.1 Å². The molecule has 102 valence electrons. The van der Waals surface area contributed by atoms with Gasteiger partial charge in [-0.2, -0.15) is 0 Å². The Balaban J connectivity index is 3.07. The number of halogens is 1. The first-order chi connectivity index (χ1) is 8.29. The summed E-state index contributed by atoms with van der Waals surface area (Å²) in [5, 5.41) is 9.50. The maximum absolute atomic E-state index is 9.50. The van der Waals surface area contributed by atoms with Gasteiger partial charge in [0.05, 0.1) is 6.61 Å². The second-order valence-corrected chi connectivity index (χ2v) is 6.35. The fraction of sp³-hybridized carbons (Fsp3) is 0.571. The number of nitrogens with zero attached hydrogens (tertiary/aromatic N) is 1. The zero-order valence-electron chi connectivity index (χ0n) is 11.5. The predicted octanol–water partition coefficient (Wildman–Crippen LogP) is 2.54. The van der Waals surface area contributed by atoms with E-state index in [2.05, 4.69) is 33.0 Å². The molecule has 4 heteroatoms. The minimum Gasteiger partial charge on any atom is -0.394 e. The summed E-state index contributed by atoms with van der Waals surface area (Å²) in [5.41, 5.74) is 6.99. The zero-order chi connectivity index (χ0) is 13.9. The molecule has 2 atom stereocenters. The van der Waals surface area contributed by atoms with Gasteiger partial charge in [0.25, 0.3) is 0 Å². The van der Waals surface area contributed by atoms with Crippen molar-refractivity contribution in [2.75, 3.05) is 13.7 Å². The van der Waals surface area contributed by atoms with Gasteiger partial charge in [0.15, 0.2) is 0 Å². The Bertz CT molecular complexity index is 376. The van der Waals surface area contributed by atoms with E-state index in [1.54, 1.807) is 0 Å². The van der Waals surface area contributed by atoms with Gasteiger partial charge in [-0.1, -0.05) is 28.1 Å². The van der Waals surface area contributed by atoms with Crippen LogP contribution in [0.5, 0.6) is 0 Å². The first-order valence-corrected chi connectivity index (χ1v) is 6.93. The first-order valence-electron chi connectivity index (χ1n) is 6.14. The molecule has 18 heavy (non-hydrogen) atoms. The van der Waals surface area contributed by atoms with E-state index >= 15 is 0 Å². The molecule has 2 unspecified atom stereocenters. The van der Waals surface area contributed by atoms with Gasteiger partial charge in [-0.25, -0.2) is 0 Å². The molecule has 0 aromatic heterocycles. The summed E-state index contributed by atoms with van der Waals surface area (Å²) in [6.07, 6.45) is 0. The van der Waals surface area contributed by atoms with Crippen molar-refractivity contribution in [1.82, 2.24) is 4.90 Å². The van der Waals surface area contributed by atoms with E-state index < -0.39 is 0 Å². The molecule has 0 aliphatic heterocycles. The molecule has 0 amide bonds. The Kier molecular flexibility index (Phi) is 5.34. The van der Waals surface area contributed by atoms with Crippen molar-refractivity contribution >= 4 is 15.9 Å². The van der Waals surface area contributed by atoms with Crippen LogP contribution in [0.2, 0.25) is 0 Å². The third-order valence-corrected chi connectivity index (χ3v) is 4.00. The number of likely N-dealkylation sites (N-methyl/N-ethyl adjacent to an activating group) is 1. The fourth-order valence-electron chi connectivity index (χ4n) is 2.03. The number of hydrogen-bond donors (Lipinski definition) is 2. The Morgan fingerprint density at radius 1 is 1.33 bits per heavy atom. The molecule has 0 saturated heterocycles. The maximum Gasteiger partial charge on any atom is 0.0610 e. The number of aliphatic hydroxyl groups is 1. The topological polar surface area (TPSA) is 49.5 Å². The zero-order valence-corrected chi connectivity index (χ0v) is 13.1. The summed E-state index contributed by atoms with van der Waals surface area (Å²) in [6, 6.07) is 8.25. The van der Waals surface area contributed by atoms with Crippen LogP contribution in [-0.4, -0.2) is 35.2 Å². The van der Waals surface area contributed by atoms with Crippen LogP contribution in [0.4, 0.5) is 0 Å². The van der Waals surface area contributed by atoms with Crippen molar-refractivity contribution in [3.8, 4) is 0 Å². The lowest BCUT2D eigenvalue weighted by Gasteiger charge is -2.42. The summed E-state index contributed by atoms with van der Waals surface area (Å²) in [5.74, 6) is 0. The summed E-state index contributed by atoms with van der Waals surface area (Å²) < 4.78 is 1.05. The monoisotopic (exact) mass is 314 g/mol. The standard InChI is InChI=1S/C14H23BrN2O/c1-10(16)13(17(4)14(2,3)9-18)11-5-7-12(15)8-6-11/h5-8,10,13,18H,9,16H2,1-4H3. The maximum atomic E-state index is 9.50. The largest absolute Gasteiger partial charge is 0.394 e. The molecule has 0 fully saturated rings. The van der Waals surface area contributed by atoms with Crippen molar-refractivity contribution in [3.05, 3.63) is 34.3 Å². The molecule has 0 aliphatic rings. The molecule has 0 spiro atoms. The molecule has 0 radical (unpaired) electrons. The van der Waals surface area contributed by atoms with E-state index in [4.69, 9.17) is 5.73 Å². The summed E-state index contributed by atoms with van der Waals surface area (Å²) >= 11 is 3.44. The summed E-state index contributed by atoms with van der Waals surface area (Å²) in [4.78, 5) is 2.14. The lowest BCUT2D eigenvalue weighted by Crippen LogP contribution is -2.50. The van der Waals surface area contributed by atoms with Gasteiger partial charge in [-0.3, -0.25) is 4.90 Å². The fourth-order valence-corrected chi connectivity index (χ4v) is 2.29. The first kappa shape index (κ1) is 15.6. The average molecular weight is 315 g/mol. The molecule has 0 heterocycles. The highest BCUT2D eigenvalue weighted by atomic mass is 79.9. The number of benzene rings is 1. The molecule has 0 bridgehead atoms. The summed E-state index contributed by atoms with van der Waals surface area (Å²) in [6.45, 7) is 6.13. The number of hydrogen-bond acceptors (Lipinski definition) is 3. The van der Waals surface area contributed by atoms with Crippen LogP contribution in [-0.2, 0) is 0 Å². The van der Waals surface area contributed by atoms with Crippen LogP contribution in [0.1, 0.15) is 32.4 Å². The Labute approximate surface area is 118 Å². The molecular formula is C14H23BrN2O. The highest BCUT2D eigenvalue weighted by Gasteiger charge is 2.31. The minimum atomic E-state index is -0.300. The molecule has 1 rings (SSSR count). The van der Waals surface area contributed by atoms with Crippen LogP contribution < -0.4 is 5.73 Å². The molecular weight excluding hydrogens is 292 g/mol. The molecule has 0 aliphatic carbocycles. The van der Waals surface area contributed by atoms with Gasteiger partial charge in [-0.05, 0) is 45.5 Å². The quantitative estimate of drug-likeness (QED) is 0.878. The Hall–Kier alpha value is -0.420. The van der Waals surface area contributed by atoms with E-state index in [-0.39, 0.29) is 24.2 Å². The van der Waals surface area contributed by atoms with Crippen molar-refractivity contribution in [1.29, 1.82) is 0 Å².